The smallest absolute Gasteiger partial charge is 0.340 e. The van der Waals surface area contributed by atoms with Crippen LogP contribution in [0.3, 0.4) is 0 Å². The number of thioether (sulfide) groups is 1. The third-order valence-corrected chi connectivity index (χ3v) is 3.19. The maximum Gasteiger partial charge on any atom is 0.340 e. The van der Waals surface area contributed by atoms with Crippen molar-refractivity contribution in [2.75, 3.05) is 12.4 Å². The van der Waals surface area contributed by atoms with Crippen LogP contribution in [0.25, 0.3) is 0 Å². The van der Waals surface area contributed by atoms with Crippen molar-refractivity contribution in [3.63, 3.8) is 0 Å². The molecule has 0 bridgehead atoms. The number of ether oxygens (including phenoxy) is 1. The second-order valence-electron chi connectivity index (χ2n) is 3.74. The zero-order chi connectivity index (χ0) is 16.0. The van der Waals surface area contributed by atoms with Crippen LogP contribution >= 0.6 is 11.8 Å². The lowest BCUT2D eigenvalue weighted by molar-refractivity contribution is -0.387. The van der Waals surface area contributed by atoms with Gasteiger partial charge in [0.15, 0.2) is 6.61 Å². The molecule has 5 nitrogen and oxygen atoms in total. The van der Waals surface area contributed by atoms with E-state index in [1.165, 1.54) is 24.3 Å². The van der Waals surface area contributed by atoms with Crippen molar-refractivity contribution in [1.82, 2.24) is 0 Å². The number of nitro benzene ring substituents is 1. The second-order valence-corrected chi connectivity index (χ2v) is 4.75. The highest BCUT2D eigenvalue weighted by atomic mass is 32.2. The lowest BCUT2D eigenvalue weighted by Crippen LogP contribution is -2.33. The molecule has 0 aromatic heterocycles. The lowest BCUT2D eigenvalue weighted by atomic mass is 10.3. The molecule has 0 N–H and O–H groups in total. The van der Waals surface area contributed by atoms with Crippen LogP contribution in [0.1, 0.15) is 0 Å². The summed E-state index contributed by atoms with van der Waals surface area (Å²) in [6, 6.07) is 5.48. The molecule has 1 aromatic carbocycles. The number of carbonyl (C=O) groups is 1. The van der Waals surface area contributed by atoms with Gasteiger partial charge in [0.1, 0.15) is 0 Å². The standard InChI is InChI=1S/C11H9F4NO4S/c12-10(13)11(14,15)6-20-9(17)5-21-8-4-2-1-3-7(8)16(18)19/h1-4,10H,5-6H2. The Labute approximate surface area is 120 Å². The summed E-state index contributed by atoms with van der Waals surface area (Å²) in [6.07, 6.45) is -3.94. The van der Waals surface area contributed by atoms with Gasteiger partial charge in [-0.2, -0.15) is 8.78 Å². The minimum absolute atomic E-state index is 0.139. The Bertz CT molecular complexity index is 527. The van der Waals surface area contributed by atoms with E-state index in [9.17, 15) is 32.5 Å². The van der Waals surface area contributed by atoms with E-state index >= 15 is 0 Å². The molecule has 0 unspecified atom stereocenters. The number of hydrogen-bond acceptors (Lipinski definition) is 5. The number of esters is 1. The van der Waals surface area contributed by atoms with Crippen molar-refractivity contribution >= 4 is 23.4 Å². The van der Waals surface area contributed by atoms with E-state index in [-0.39, 0.29) is 10.6 Å². The van der Waals surface area contributed by atoms with Gasteiger partial charge < -0.3 is 4.74 Å². The number of rotatable bonds is 7. The SMILES string of the molecule is O=C(CSc1ccccc1[N+](=O)[O-])OCC(F)(F)C(F)F. The number of alkyl halides is 4. The molecule has 0 atom stereocenters. The Kier molecular flexibility index (Phi) is 5.94. The molecule has 0 saturated heterocycles. The van der Waals surface area contributed by atoms with Gasteiger partial charge in [0.05, 0.1) is 15.6 Å². The van der Waals surface area contributed by atoms with Gasteiger partial charge in [0, 0.05) is 6.07 Å². The van der Waals surface area contributed by atoms with Crippen molar-refractivity contribution < 1.29 is 32.0 Å². The third-order valence-electron chi connectivity index (χ3n) is 2.15. The van der Waals surface area contributed by atoms with Gasteiger partial charge in [-0.25, -0.2) is 8.78 Å². The van der Waals surface area contributed by atoms with Crippen LogP contribution in [-0.2, 0) is 9.53 Å². The van der Waals surface area contributed by atoms with Crippen LogP contribution in [-0.4, -0.2) is 35.6 Å². The van der Waals surface area contributed by atoms with Crippen LogP contribution in [0.4, 0.5) is 23.2 Å². The van der Waals surface area contributed by atoms with E-state index in [0.717, 1.165) is 0 Å². The molecule has 1 aromatic rings. The van der Waals surface area contributed by atoms with Crippen LogP contribution < -0.4 is 0 Å². The molecule has 10 heteroatoms. The first-order valence-electron chi connectivity index (χ1n) is 5.42. The average molecular weight is 327 g/mol. The quantitative estimate of drug-likeness (QED) is 0.253. The topological polar surface area (TPSA) is 69.4 Å². The molecule has 0 heterocycles. The molecule has 21 heavy (non-hydrogen) atoms. The van der Waals surface area contributed by atoms with Crippen molar-refractivity contribution in [3.8, 4) is 0 Å². The van der Waals surface area contributed by atoms with Crippen LogP contribution in [0.5, 0.6) is 0 Å². The number of nitro groups is 1. The van der Waals surface area contributed by atoms with Gasteiger partial charge in [0.2, 0.25) is 0 Å². The molecule has 0 radical (unpaired) electrons. The average Bonchev–Trinajstić information content (AvgIpc) is 2.43. The third kappa shape index (κ3) is 5.21. The molecule has 0 saturated carbocycles. The maximum atomic E-state index is 12.5. The van der Waals surface area contributed by atoms with E-state index < -0.39 is 35.6 Å². The molecular formula is C11H9F4NO4S. The van der Waals surface area contributed by atoms with Gasteiger partial charge in [0.25, 0.3) is 5.69 Å². The molecule has 0 aliphatic rings. The monoisotopic (exact) mass is 327 g/mol. The fraction of sp³-hybridized carbons (Fsp3) is 0.364. The van der Waals surface area contributed by atoms with Crippen LogP contribution in [0.15, 0.2) is 29.2 Å². The normalized spacial score (nSPS) is 11.5. The number of para-hydroxylation sites is 1. The minimum Gasteiger partial charge on any atom is -0.458 e. The highest BCUT2D eigenvalue weighted by Crippen LogP contribution is 2.29. The maximum absolute atomic E-state index is 12.5. The number of halogens is 4. The fourth-order valence-electron chi connectivity index (χ4n) is 1.15. The summed E-state index contributed by atoms with van der Waals surface area (Å²) < 4.78 is 52.7. The zero-order valence-electron chi connectivity index (χ0n) is 10.3. The van der Waals surface area contributed by atoms with Gasteiger partial charge in [-0.3, -0.25) is 14.9 Å². The molecular weight excluding hydrogens is 318 g/mol. The van der Waals surface area contributed by atoms with Crippen molar-refractivity contribution in [3.05, 3.63) is 34.4 Å². The summed E-state index contributed by atoms with van der Waals surface area (Å²) in [6.45, 7) is -1.74. The summed E-state index contributed by atoms with van der Waals surface area (Å²) in [7, 11) is 0. The molecule has 0 amide bonds. The first-order chi connectivity index (χ1) is 9.74. The van der Waals surface area contributed by atoms with Crippen molar-refractivity contribution in [2.45, 2.75) is 17.2 Å². The summed E-state index contributed by atoms with van der Waals surface area (Å²) in [5.74, 6) is -6.10. The Morgan fingerprint density at radius 1 is 1.38 bits per heavy atom. The van der Waals surface area contributed by atoms with Crippen molar-refractivity contribution in [2.24, 2.45) is 0 Å². The summed E-state index contributed by atoms with van der Waals surface area (Å²) in [5.41, 5.74) is -0.256. The molecule has 0 spiro atoms. The highest BCUT2D eigenvalue weighted by Gasteiger charge is 2.42. The van der Waals surface area contributed by atoms with E-state index in [2.05, 4.69) is 4.74 Å². The number of hydrogen-bond donors (Lipinski definition) is 0. The number of benzene rings is 1. The van der Waals surface area contributed by atoms with E-state index in [1.54, 1.807) is 0 Å². The van der Waals surface area contributed by atoms with Gasteiger partial charge in [-0.05, 0) is 6.07 Å². The van der Waals surface area contributed by atoms with Crippen LogP contribution in [0.2, 0.25) is 0 Å². The first kappa shape index (κ1) is 17.2. The minimum atomic E-state index is -4.42. The Morgan fingerprint density at radius 3 is 2.57 bits per heavy atom. The zero-order valence-corrected chi connectivity index (χ0v) is 11.1. The second kappa shape index (κ2) is 7.25. The predicted molar refractivity (Wildman–Crippen MR) is 65.7 cm³/mol. The molecule has 1 rings (SSSR count). The summed E-state index contributed by atoms with van der Waals surface area (Å²) in [5, 5.41) is 10.7. The molecule has 0 aliphatic heterocycles. The number of carbonyl (C=O) groups excluding carboxylic acids is 1. The lowest BCUT2D eigenvalue weighted by Gasteiger charge is -2.14. The summed E-state index contributed by atoms with van der Waals surface area (Å²) >= 11 is 0.694. The molecule has 116 valence electrons. The molecule has 0 fully saturated rings. The van der Waals surface area contributed by atoms with E-state index in [0.29, 0.717) is 11.8 Å². The predicted octanol–water partition coefficient (Wildman–Crippen LogP) is 3.13. The van der Waals surface area contributed by atoms with Gasteiger partial charge in [-0.1, -0.05) is 12.1 Å². The molecule has 0 aliphatic carbocycles. The largest absolute Gasteiger partial charge is 0.458 e. The Hall–Kier alpha value is -1.84. The van der Waals surface area contributed by atoms with Gasteiger partial charge in [-0.15, -0.1) is 11.8 Å². The Morgan fingerprint density at radius 2 is 2.00 bits per heavy atom. The highest BCUT2D eigenvalue weighted by molar-refractivity contribution is 8.00. The fourth-order valence-corrected chi connectivity index (χ4v) is 1.97. The van der Waals surface area contributed by atoms with Crippen molar-refractivity contribution in [1.29, 1.82) is 0 Å². The van der Waals surface area contributed by atoms with E-state index in [1.807, 2.05) is 0 Å². The first-order valence-corrected chi connectivity index (χ1v) is 6.40. The van der Waals surface area contributed by atoms with Gasteiger partial charge >= 0.3 is 18.3 Å². The van der Waals surface area contributed by atoms with E-state index in [4.69, 9.17) is 0 Å². The van der Waals surface area contributed by atoms with Crippen LogP contribution in [0, 0.1) is 10.1 Å². The summed E-state index contributed by atoms with van der Waals surface area (Å²) in [4.78, 5) is 21.3. The number of nitrogens with zero attached hydrogens (tertiary/aromatic N) is 1. The Balaban J connectivity index is 2.53.